The highest BCUT2D eigenvalue weighted by Crippen LogP contribution is 2.43. The number of anilines is 2. The molecule has 1 atom stereocenters. The average Bonchev–Trinajstić information content (AvgIpc) is 3.16. The highest BCUT2D eigenvalue weighted by atomic mass is 79.9. The first-order valence-corrected chi connectivity index (χ1v) is 10.4. The molecule has 1 amide bonds. The molecule has 8 heteroatoms. The van der Waals surface area contributed by atoms with Crippen LogP contribution in [0.4, 0.5) is 11.6 Å². The van der Waals surface area contributed by atoms with Crippen LogP contribution in [0.1, 0.15) is 29.9 Å². The molecular weight excluding hydrogens is 477 g/mol. The van der Waals surface area contributed by atoms with Crippen molar-refractivity contribution in [2.75, 3.05) is 4.90 Å². The lowest BCUT2D eigenvalue weighted by Gasteiger charge is -2.26. The van der Waals surface area contributed by atoms with Gasteiger partial charge in [-0.25, -0.2) is 9.88 Å². The number of benzene rings is 2. The molecule has 148 valence electrons. The second-order valence-corrected chi connectivity index (χ2v) is 8.97. The topological polar surface area (TPSA) is 55.2 Å². The molecule has 0 saturated heterocycles. The molecule has 0 fully saturated rings. The predicted octanol–water partition coefficient (Wildman–Crippen LogP) is 5.79. The van der Waals surface area contributed by atoms with Gasteiger partial charge in [0.15, 0.2) is 5.78 Å². The van der Waals surface area contributed by atoms with Gasteiger partial charge in [-0.1, -0.05) is 51.3 Å². The summed E-state index contributed by atoms with van der Waals surface area (Å²) in [5.41, 5.74) is 0.817. The Balaban J connectivity index is 1.89. The Kier molecular flexibility index (Phi) is 5.05. The van der Waals surface area contributed by atoms with Crippen molar-refractivity contribution < 1.29 is 9.59 Å². The quantitative estimate of drug-likeness (QED) is 0.433. The Morgan fingerprint density at radius 2 is 1.76 bits per heavy atom. The fraction of sp³-hybridized carbons (Fsp3) is 0.190. The molecule has 1 aromatic heterocycles. The summed E-state index contributed by atoms with van der Waals surface area (Å²) < 4.78 is 2.67. The van der Waals surface area contributed by atoms with Crippen molar-refractivity contribution in [3.8, 4) is 0 Å². The van der Waals surface area contributed by atoms with Crippen molar-refractivity contribution >= 4 is 62.5 Å². The van der Waals surface area contributed by atoms with Crippen molar-refractivity contribution in [2.24, 2.45) is 0 Å². The minimum Gasteiger partial charge on any atom is -0.293 e. The standard InChI is InChI=1S/C21H16BrCl2N3O2/c1-12(28)18-11-25-20-26(17-8-15(23)7-16(24)9-17)19(29)21(2,27(18)20)10-13-3-5-14(22)6-4-13/h3-9,11H,10H2,1-2H3/t21-/m1/s1. The van der Waals surface area contributed by atoms with Gasteiger partial charge < -0.3 is 0 Å². The monoisotopic (exact) mass is 491 g/mol. The van der Waals surface area contributed by atoms with Crippen molar-refractivity contribution in [1.29, 1.82) is 0 Å². The van der Waals surface area contributed by atoms with Crippen LogP contribution in [-0.2, 0) is 16.8 Å². The minimum absolute atomic E-state index is 0.162. The number of hydrogen-bond acceptors (Lipinski definition) is 3. The molecule has 0 radical (unpaired) electrons. The van der Waals surface area contributed by atoms with E-state index in [1.165, 1.54) is 18.0 Å². The molecule has 4 rings (SSSR count). The van der Waals surface area contributed by atoms with Crippen molar-refractivity contribution in [2.45, 2.75) is 25.8 Å². The zero-order chi connectivity index (χ0) is 20.9. The van der Waals surface area contributed by atoms with Crippen molar-refractivity contribution in [3.05, 3.63) is 74.4 Å². The number of fused-ring (bicyclic) bond motifs is 1. The van der Waals surface area contributed by atoms with Crippen LogP contribution < -0.4 is 4.90 Å². The molecule has 0 spiro atoms. The first kappa shape index (κ1) is 20.1. The van der Waals surface area contributed by atoms with Crippen LogP contribution in [0.25, 0.3) is 0 Å². The van der Waals surface area contributed by atoms with Gasteiger partial charge in [0.2, 0.25) is 5.95 Å². The number of aromatic nitrogens is 2. The summed E-state index contributed by atoms with van der Waals surface area (Å²) in [7, 11) is 0. The van der Waals surface area contributed by atoms with E-state index >= 15 is 0 Å². The molecule has 0 bridgehead atoms. The van der Waals surface area contributed by atoms with Crippen molar-refractivity contribution in [1.82, 2.24) is 9.55 Å². The fourth-order valence-corrected chi connectivity index (χ4v) is 4.50. The summed E-state index contributed by atoms with van der Waals surface area (Å²) in [5.74, 6) is 0.00653. The summed E-state index contributed by atoms with van der Waals surface area (Å²) in [6.45, 7) is 3.29. The molecule has 1 aliphatic heterocycles. The van der Waals surface area contributed by atoms with Crippen LogP contribution >= 0.6 is 39.1 Å². The normalized spacial score (nSPS) is 18.2. The zero-order valence-corrected chi connectivity index (χ0v) is 18.7. The van der Waals surface area contributed by atoms with E-state index in [4.69, 9.17) is 23.2 Å². The Bertz CT molecular complexity index is 1120. The minimum atomic E-state index is -1.03. The second-order valence-electron chi connectivity index (χ2n) is 7.18. The first-order valence-electron chi connectivity index (χ1n) is 8.85. The third-order valence-corrected chi connectivity index (χ3v) is 5.99. The van der Waals surface area contributed by atoms with Crippen LogP contribution in [0, 0.1) is 0 Å². The molecule has 0 unspecified atom stereocenters. The molecule has 2 heterocycles. The van der Waals surface area contributed by atoms with Gasteiger partial charge in [-0.3, -0.25) is 14.2 Å². The number of hydrogen-bond donors (Lipinski definition) is 0. The predicted molar refractivity (Wildman–Crippen MR) is 117 cm³/mol. The summed E-state index contributed by atoms with van der Waals surface area (Å²) in [6.07, 6.45) is 1.90. The van der Waals surface area contributed by atoms with E-state index < -0.39 is 5.54 Å². The van der Waals surface area contributed by atoms with Crippen LogP contribution in [0.2, 0.25) is 10.0 Å². The van der Waals surface area contributed by atoms with Crippen LogP contribution in [0.3, 0.4) is 0 Å². The van der Waals surface area contributed by atoms with Gasteiger partial charge in [-0.2, -0.15) is 0 Å². The molecule has 0 N–H and O–H groups in total. The van der Waals surface area contributed by atoms with Gasteiger partial charge in [0.1, 0.15) is 11.2 Å². The first-order chi connectivity index (χ1) is 13.7. The molecule has 5 nitrogen and oxygen atoms in total. The highest BCUT2D eigenvalue weighted by Gasteiger charge is 2.50. The molecule has 3 aromatic rings. The van der Waals surface area contributed by atoms with E-state index in [0.717, 1.165) is 10.0 Å². The Labute approximate surface area is 186 Å². The van der Waals surface area contributed by atoms with E-state index in [0.29, 0.717) is 33.8 Å². The summed E-state index contributed by atoms with van der Waals surface area (Å²) in [6, 6.07) is 12.7. The van der Waals surface area contributed by atoms with Gasteiger partial charge in [0.05, 0.1) is 11.9 Å². The molecule has 29 heavy (non-hydrogen) atoms. The molecule has 0 aliphatic carbocycles. The smallest absolute Gasteiger partial charge is 0.260 e. The zero-order valence-electron chi connectivity index (χ0n) is 15.6. The molecule has 0 saturated carbocycles. The number of nitrogens with zero attached hydrogens (tertiary/aromatic N) is 3. The SMILES string of the molecule is CC(=O)c1cnc2n1[C@](C)(Cc1ccc(Br)cc1)C(=O)N2c1cc(Cl)cc(Cl)c1. The van der Waals surface area contributed by atoms with Crippen molar-refractivity contribution in [3.63, 3.8) is 0 Å². The van der Waals surface area contributed by atoms with E-state index in [1.807, 2.05) is 31.2 Å². The van der Waals surface area contributed by atoms with Gasteiger partial charge in [-0.15, -0.1) is 0 Å². The Hall–Kier alpha value is -2.15. The maximum Gasteiger partial charge on any atom is 0.260 e. The van der Waals surface area contributed by atoms with Crippen LogP contribution in [0.5, 0.6) is 0 Å². The summed E-state index contributed by atoms with van der Waals surface area (Å²) in [5, 5.41) is 0.818. The number of rotatable bonds is 4. The highest BCUT2D eigenvalue weighted by molar-refractivity contribution is 9.10. The van der Waals surface area contributed by atoms with Gasteiger partial charge in [0.25, 0.3) is 5.91 Å². The van der Waals surface area contributed by atoms with Crippen LogP contribution in [-0.4, -0.2) is 21.2 Å². The number of carbonyl (C=O) groups excluding carboxylic acids is 2. The lowest BCUT2D eigenvalue weighted by Crippen LogP contribution is -2.42. The number of ketones is 1. The number of Topliss-reactive ketones (excluding diaryl/α,β-unsaturated/α-hetero) is 1. The maximum atomic E-state index is 13.7. The second kappa shape index (κ2) is 7.27. The number of amides is 1. The maximum absolute atomic E-state index is 13.7. The lowest BCUT2D eigenvalue weighted by atomic mass is 9.91. The van der Waals surface area contributed by atoms with Gasteiger partial charge >= 0.3 is 0 Å². The van der Waals surface area contributed by atoms with E-state index in [1.54, 1.807) is 22.8 Å². The van der Waals surface area contributed by atoms with E-state index in [2.05, 4.69) is 20.9 Å². The Morgan fingerprint density at radius 3 is 2.34 bits per heavy atom. The largest absolute Gasteiger partial charge is 0.293 e. The third kappa shape index (κ3) is 3.39. The van der Waals surface area contributed by atoms with Gasteiger partial charge in [0, 0.05) is 27.9 Å². The fourth-order valence-electron chi connectivity index (χ4n) is 3.72. The third-order valence-electron chi connectivity index (χ3n) is 5.03. The lowest BCUT2D eigenvalue weighted by molar-refractivity contribution is -0.123. The summed E-state index contributed by atoms with van der Waals surface area (Å²) in [4.78, 5) is 31.8. The Morgan fingerprint density at radius 1 is 1.14 bits per heavy atom. The molecular formula is C21H16BrCl2N3O2. The van der Waals surface area contributed by atoms with Crippen LogP contribution in [0.15, 0.2) is 53.1 Å². The van der Waals surface area contributed by atoms with Gasteiger partial charge in [-0.05, 0) is 42.8 Å². The molecule has 2 aromatic carbocycles. The number of halogens is 3. The van der Waals surface area contributed by atoms with E-state index in [9.17, 15) is 9.59 Å². The average molecular weight is 493 g/mol. The number of carbonyl (C=O) groups is 2. The van der Waals surface area contributed by atoms with E-state index in [-0.39, 0.29) is 11.7 Å². The number of imidazole rings is 1. The molecule has 1 aliphatic rings. The summed E-state index contributed by atoms with van der Waals surface area (Å²) >= 11 is 15.8.